The van der Waals surface area contributed by atoms with Gasteiger partial charge in [-0.2, -0.15) is 0 Å². The lowest BCUT2D eigenvalue weighted by atomic mass is 9.95. The van der Waals surface area contributed by atoms with E-state index in [2.05, 4.69) is 34.0 Å². The first kappa shape index (κ1) is 32.7. The summed E-state index contributed by atoms with van der Waals surface area (Å²) in [6, 6.07) is 0. The Morgan fingerprint density at radius 2 is 1.57 bits per heavy atom. The van der Waals surface area contributed by atoms with Crippen LogP contribution in [0.1, 0.15) is 66.2 Å². The summed E-state index contributed by atoms with van der Waals surface area (Å²) in [6.07, 6.45) is 19.9. The molecule has 1 N–H and O–H groups in total. The summed E-state index contributed by atoms with van der Waals surface area (Å²) in [5.74, 6) is 1.03. The summed E-state index contributed by atoms with van der Waals surface area (Å²) >= 11 is 4.81. The average Bonchev–Trinajstić information content (AvgIpc) is 3.30. The van der Waals surface area contributed by atoms with Crippen LogP contribution in [0.15, 0.2) is 43.0 Å². The molecule has 1 aromatic heterocycles. The van der Waals surface area contributed by atoms with E-state index in [1.54, 1.807) is 26.4 Å². The number of aliphatic hydroxyl groups excluding tert-OH is 1. The van der Waals surface area contributed by atoms with Crippen LogP contribution in [0.4, 0.5) is 9.59 Å². The van der Waals surface area contributed by atoms with Gasteiger partial charge < -0.3 is 23.9 Å². The number of nitrogens with zero attached hydrogens (tertiary/aromatic N) is 2. The Balaban J connectivity index is 0.000000471. The third kappa shape index (κ3) is 21.9. The maximum atomic E-state index is 11.0. The van der Waals surface area contributed by atoms with E-state index in [1.165, 1.54) is 6.42 Å². The van der Waals surface area contributed by atoms with Crippen molar-refractivity contribution >= 4 is 23.2 Å². The van der Waals surface area contributed by atoms with Crippen molar-refractivity contribution in [2.45, 2.75) is 78.4 Å². The maximum Gasteiger partial charge on any atom is 0.508 e. The molecule has 0 bridgehead atoms. The number of ether oxygens (including phenoxy) is 3. The molecule has 1 heterocycles. The number of rotatable bonds is 5. The second kappa shape index (κ2) is 21.0. The highest BCUT2D eigenvalue weighted by molar-refractivity contribution is 6.61. The molecule has 3 rings (SSSR count). The van der Waals surface area contributed by atoms with Crippen LogP contribution in [0.2, 0.25) is 0 Å². The molecule has 0 radical (unpaired) electrons. The largest absolute Gasteiger partial charge is 0.508 e. The van der Waals surface area contributed by atoms with Gasteiger partial charge in [-0.15, -0.1) is 0 Å². The number of aliphatic hydroxyl groups is 1. The fourth-order valence-electron chi connectivity index (χ4n) is 2.95. The summed E-state index contributed by atoms with van der Waals surface area (Å²) in [6.45, 7) is 7.94. The molecule has 200 valence electrons. The first-order valence-electron chi connectivity index (χ1n) is 12.2. The molecule has 0 aromatic carbocycles. The van der Waals surface area contributed by atoms with Crippen LogP contribution in [0, 0.1) is 11.8 Å². The minimum Gasteiger partial charge on any atom is -0.451 e. The lowest BCUT2D eigenvalue weighted by molar-refractivity contribution is 0.0246. The molecule has 2 aliphatic rings. The van der Waals surface area contributed by atoms with E-state index >= 15 is 0 Å². The van der Waals surface area contributed by atoms with Gasteiger partial charge in [0.2, 0.25) is 0 Å². The predicted octanol–water partition coefficient (Wildman–Crippen LogP) is 6.43. The Labute approximate surface area is 215 Å². The molecule has 8 nitrogen and oxygen atoms in total. The van der Waals surface area contributed by atoms with Crippen molar-refractivity contribution in [2.24, 2.45) is 18.9 Å². The number of hydrogen-bond donors (Lipinski definition) is 1. The fraction of sp³-hybridized carbons (Fsp3) is 0.654. The summed E-state index contributed by atoms with van der Waals surface area (Å²) < 4.78 is 16.1. The average molecular weight is 515 g/mol. The van der Waals surface area contributed by atoms with Crippen molar-refractivity contribution < 1.29 is 28.9 Å². The molecule has 2 aliphatic carbocycles. The van der Waals surface area contributed by atoms with E-state index in [0.717, 1.165) is 32.1 Å². The molecule has 2 unspecified atom stereocenters. The number of hydrogen-bond acceptors (Lipinski definition) is 7. The smallest absolute Gasteiger partial charge is 0.451 e. The molecular weight excluding hydrogens is 472 g/mol. The molecule has 9 heteroatoms. The number of carbonyl (C=O) groups is 2. The van der Waals surface area contributed by atoms with E-state index in [0.29, 0.717) is 25.0 Å². The lowest BCUT2D eigenvalue weighted by Gasteiger charge is -2.17. The van der Waals surface area contributed by atoms with Crippen LogP contribution in [0.25, 0.3) is 0 Å². The zero-order chi connectivity index (χ0) is 26.5. The van der Waals surface area contributed by atoms with E-state index in [9.17, 15) is 9.59 Å². The summed E-state index contributed by atoms with van der Waals surface area (Å²) in [4.78, 5) is 24.6. The Kier molecular flexibility index (Phi) is 19.6. The molecule has 0 saturated carbocycles. The van der Waals surface area contributed by atoms with Crippen molar-refractivity contribution in [2.75, 3.05) is 13.2 Å². The van der Waals surface area contributed by atoms with Gasteiger partial charge >= 0.3 is 11.6 Å². The second-order valence-electron chi connectivity index (χ2n) is 8.84. The third-order valence-corrected chi connectivity index (χ3v) is 4.84. The van der Waals surface area contributed by atoms with Crippen molar-refractivity contribution in [1.82, 2.24) is 9.55 Å². The number of carbonyl (C=O) groups excluding carboxylic acids is 2. The number of aryl methyl sites for hydroxylation is 1. The monoisotopic (exact) mass is 514 g/mol. The van der Waals surface area contributed by atoms with E-state index in [4.69, 9.17) is 26.2 Å². The zero-order valence-electron chi connectivity index (χ0n) is 21.8. The van der Waals surface area contributed by atoms with Gasteiger partial charge in [0.15, 0.2) is 0 Å². The van der Waals surface area contributed by atoms with Gasteiger partial charge in [-0.1, -0.05) is 24.3 Å². The quantitative estimate of drug-likeness (QED) is 0.274. The van der Waals surface area contributed by atoms with Crippen molar-refractivity contribution in [3.05, 3.63) is 43.0 Å². The number of halogens is 1. The lowest BCUT2D eigenvalue weighted by Crippen LogP contribution is -2.18. The van der Waals surface area contributed by atoms with E-state index in [-0.39, 0.29) is 12.2 Å². The van der Waals surface area contributed by atoms with E-state index in [1.807, 2.05) is 31.7 Å². The zero-order valence-corrected chi connectivity index (χ0v) is 22.5. The second-order valence-corrected chi connectivity index (χ2v) is 9.15. The van der Waals surface area contributed by atoms with Crippen LogP contribution < -0.4 is 0 Å². The highest BCUT2D eigenvalue weighted by Crippen LogP contribution is 2.18. The molecule has 2 atom stereocenters. The van der Waals surface area contributed by atoms with Gasteiger partial charge in [0.05, 0.1) is 25.1 Å². The SMILES string of the molecule is CC(C)OC(=O)Cl.CC(C)OC(=O)OCC1CC=CCC1.Cn1ccnc1.OCC1CC=CCC1. The van der Waals surface area contributed by atoms with Crippen LogP contribution in [-0.2, 0) is 21.3 Å². The highest BCUT2D eigenvalue weighted by Gasteiger charge is 2.13. The molecule has 0 spiro atoms. The van der Waals surface area contributed by atoms with Crippen molar-refractivity contribution in [3.8, 4) is 0 Å². The first-order chi connectivity index (χ1) is 16.6. The van der Waals surface area contributed by atoms with Gasteiger partial charge in [-0.05, 0) is 78.1 Å². The number of aromatic nitrogens is 2. The van der Waals surface area contributed by atoms with Crippen LogP contribution in [0.5, 0.6) is 0 Å². The number of imidazole rings is 1. The predicted molar refractivity (Wildman–Crippen MR) is 138 cm³/mol. The molecule has 0 amide bonds. The topological polar surface area (TPSA) is 99.9 Å². The van der Waals surface area contributed by atoms with Gasteiger partial charge in [-0.25, -0.2) is 14.6 Å². The highest BCUT2D eigenvalue weighted by atomic mass is 35.5. The Morgan fingerprint density at radius 1 is 1.00 bits per heavy atom. The van der Waals surface area contributed by atoms with Gasteiger partial charge in [0.1, 0.15) is 0 Å². The summed E-state index contributed by atoms with van der Waals surface area (Å²) in [5.41, 5.74) is -0.741. The van der Waals surface area contributed by atoms with E-state index < -0.39 is 11.6 Å². The maximum absolute atomic E-state index is 11.0. The standard InChI is InChI=1S/C11H18O3.C7H12O.C4H7ClO2.C4H6N2/c1-9(2)14-11(12)13-8-10-6-4-3-5-7-10;8-6-7-4-2-1-3-5-7;1-3(2)7-4(5)6;1-6-3-2-5-4-6/h3-4,9-10H,5-8H2,1-2H3;1-2,7-8H,3-6H2;3H,1-2H3;2-4H,1H3. The van der Waals surface area contributed by atoms with Gasteiger partial charge in [-0.3, -0.25) is 0 Å². The van der Waals surface area contributed by atoms with Crippen molar-refractivity contribution in [1.29, 1.82) is 0 Å². The molecule has 1 aromatic rings. The van der Waals surface area contributed by atoms with Crippen molar-refractivity contribution in [3.63, 3.8) is 0 Å². The Bertz CT molecular complexity index is 719. The molecular formula is C26H43ClN2O6. The normalized spacial score (nSPS) is 18.2. The van der Waals surface area contributed by atoms with Crippen LogP contribution >= 0.6 is 11.6 Å². The molecule has 35 heavy (non-hydrogen) atoms. The molecule has 0 aliphatic heterocycles. The summed E-state index contributed by atoms with van der Waals surface area (Å²) in [7, 11) is 1.94. The van der Waals surface area contributed by atoms with Crippen LogP contribution in [-0.4, -0.2) is 51.7 Å². The van der Waals surface area contributed by atoms with Gasteiger partial charge in [0.25, 0.3) is 0 Å². The third-order valence-electron chi connectivity index (χ3n) is 4.75. The molecule has 0 fully saturated rings. The van der Waals surface area contributed by atoms with Gasteiger partial charge in [0, 0.05) is 37.6 Å². The minimum atomic E-state index is -0.741. The minimum absolute atomic E-state index is 0.103. The first-order valence-corrected chi connectivity index (χ1v) is 12.5. The molecule has 0 saturated heterocycles. The fourth-order valence-corrected chi connectivity index (χ4v) is 3.13. The Morgan fingerprint density at radius 3 is 1.86 bits per heavy atom. The van der Waals surface area contributed by atoms with Crippen LogP contribution in [0.3, 0.4) is 0 Å². The Hall–Kier alpha value is -2.32. The number of allylic oxidation sites excluding steroid dienone is 4. The summed E-state index contributed by atoms with van der Waals surface area (Å²) in [5, 5.41) is 8.66.